The van der Waals surface area contributed by atoms with Crippen LogP contribution in [0.4, 0.5) is 0 Å². The highest BCUT2D eigenvalue weighted by Crippen LogP contribution is 2.33. The van der Waals surface area contributed by atoms with Crippen molar-refractivity contribution in [1.82, 2.24) is 19.4 Å². The first kappa shape index (κ1) is 18.6. The second-order valence-electron chi connectivity index (χ2n) is 6.56. The number of hydrogen-bond acceptors (Lipinski definition) is 6. The number of aromatic nitrogens is 3. The quantitative estimate of drug-likeness (QED) is 0.593. The second kappa shape index (κ2) is 7.99. The maximum absolute atomic E-state index is 8.52. The number of nitrogens with zero attached hydrogens (tertiary/aromatic N) is 4. The summed E-state index contributed by atoms with van der Waals surface area (Å²) in [5.74, 6) is 4.89. The Kier molecular flexibility index (Phi) is 5.93. The van der Waals surface area contributed by atoms with E-state index in [0.717, 1.165) is 55.3 Å². The molecule has 2 atom stereocenters. The van der Waals surface area contributed by atoms with Crippen molar-refractivity contribution < 1.29 is 0 Å². The molecule has 6 nitrogen and oxygen atoms in total. The van der Waals surface area contributed by atoms with Crippen LogP contribution >= 0.6 is 20.3 Å². The first-order valence-electron chi connectivity index (χ1n) is 8.47. The molecule has 1 saturated heterocycles. The van der Waals surface area contributed by atoms with E-state index in [9.17, 15) is 0 Å². The Hall–Kier alpha value is -1.22. The Labute approximate surface area is 154 Å². The lowest BCUT2D eigenvalue weighted by Crippen LogP contribution is -2.30. The smallest absolute Gasteiger partial charge is 0.154 e. The van der Waals surface area contributed by atoms with E-state index >= 15 is 0 Å². The molecule has 2 aromatic rings. The minimum Gasteiger partial charge on any atom is -0.326 e. The molecule has 8 heteroatoms. The van der Waals surface area contributed by atoms with Crippen molar-refractivity contribution in [3.05, 3.63) is 23.6 Å². The van der Waals surface area contributed by atoms with Crippen molar-refractivity contribution in [2.45, 2.75) is 37.2 Å². The molecule has 0 aromatic carbocycles. The highest BCUT2D eigenvalue weighted by molar-refractivity contribution is 8.83. The molecular weight excluding hydrogens is 352 g/mol. The topological polar surface area (TPSA) is 83.8 Å². The molecule has 0 bridgehead atoms. The van der Waals surface area contributed by atoms with Gasteiger partial charge in [0.15, 0.2) is 5.49 Å². The number of likely N-dealkylation sites (tertiary alicyclic amines) is 1. The third-order valence-corrected chi connectivity index (χ3v) is 6.54. The number of fused-ring (bicyclic) bond motifs is 1. The van der Waals surface area contributed by atoms with Crippen LogP contribution in [0.25, 0.3) is 11.0 Å². The molecule has 0 radical (unpaired) electrons. The normalized spacial score (nSPS) is 19.6. The molecule has 25 heavy (non-hydrogen) atoms. The maximum Gasteiger partial charge on any atom is 0.154 e. The van der Waals surface area contributed by atoms with Gasteiger partial charge in [-0.05, 0) is 45.2 Å². The zero-order chi connectivity index (χ0) is 18.0. The van der Waals surface area contributed by atoms with Crippen LogP contribution in [0.3, 0.4) is 0 Å². The first-order valence-corrected chi connectivity index (χ1v) is 11.6. The minimum atomic E-state index is 0.000338. The van der Waals surface area contributed by atoms with E-state index in [1.54, 1.807) is 10.8 Å². The Morgan fingerprint density at radius 2 is 2.28 bits per heavy atom. The van der Waals surface area contributed by atoms with Gasteiger partial charge in [0.25, 0.3) is 0 Å². The van der Waals surface area contributed by atoms with E-state index in [1.165, 1.54) is 0 Å². The van der Waals surface area contributed by atoms with E-state index in [-0.39, 0.29) is 9.52 Å². The largest absolute Gasteiger partial charge is 0.326 e. The van der Waals surface area contributed by atoms with E-state index in [2.05, 4.69) is 27.0 Å². The summed E-state index contributed by atoms with van der Waals surface area (Å²) in [7, 11) is 1.69. The van der Waals surface area contributed by atoms with Crippen LogP contribution < -0.4 is 11.2 Å². The summed E-state index contributed by atoms with van der Waals surface area (Å²) in [5.41, 5.74) is 7.86. The van der Waals surface area contributed by atoms with Crippen molar-refractivity contribution in [3.8, 4) is 0 Å². The standard InChI is InChI=1S/C17H26N6S2/c1-12-21-15-9-14(24-25(2)3)10-20-16(15)17(19)23(12)7-4-6-22-8-5-13(18)11-22/h9-10,13,19H,2,4-8,11,18H2,1,3H3. The van der Waals surface area contributed by atoms with Gasteiger partial charge in [-0.15, -0.1) is 9.52 Å². The number of pyridine rings is 1. The van der Waals surface area contributed by atoms with Crippen molar-refractivity contribution in [3.63, 3.8) is 0 Å². The molecule has 1 fully saturated rings. The van der Waals surface area contributed by atoms with Gasteiger partial charge in [0, 0.05) is 30.2 Å². The fraction of sp³-hybridized carbons (Fsp3) is 0.529. The van der Waals surface area contributed by atoms with Crippen LogP contribution in [0.15, 0.2) is 17.2 Å². The maximum atomic E-state index is 8.52. The van der Waals surface area contributed by atoms with Gasteiger partial charge < -0.3 is 15.2 Å². The van der Waals surface area contributed by atoms with Crippen molar-refractivity contribution in [2.75, 3.05) is 25.9 Å². The van der Waals surface area contributed by atoms with Crippen LogP contribution in [0.5, 0.6) is 0 Å². The highest BCUT2D eigenvalue weighted by Gasteiger charge is 2.18. The molecule has 0 saturated carbocycles. The average molecular weight is 379 g/mol. The summed E-state index contributed by atoms with van der Waals surface area (Å²) < 4.78 is 1.96. The van der Waals surface area contributed by atoms with E-state index in [4.69, 9.17) is 11.1 Å². The summed E-state index contributed by atoms with van der Waals surface area (Å²) in [5, 5.41) is 8.52. The lowest BCUT2D eigenvalue weighted by atomic mass is 10.3. The molecule has 3 N–H and O–H groups in total. The zero-order valence-corrected chi connectivity index (χ0v) is 16.5. The van der Waals surface area contributed by atoms with Crippen LogP contribution in [-0.4, -0.2) is 57.2 Å². The molecule has 3 heterocycles. The number of nitrogens with two attached hydrogens (primary N) is 1. The molecule has 0 aliphatic carbocycles. The lowest BCUT2D eigenvalue weighted by molar-refractivity contribution is 0.319. The third-order valence-electron chi connectivity index (χ3n) is 4.41. The zero-order valence-electron chi connectivity index (χ0n) is 14.9. The van der Waals surface area contributed by atoms with Crippen molar-refractivity contribution in [1.29, 1.82) is 5.41 Å². The Bertz CT molecular complexity index is 847. The monoisotopic (exact) mass is 378 g/mol. The fourth-order valence-corrected chi connectivity index (χ4v) is 5.07. The lowest BCUT2D eigenvalue weighted by Gasteiger charge is -2.17. The molecule has 0 amide bonds. The minimum absolute atomic E-state index is 0.000338. The molecule has 3 rings (SSSR count). The van der Waals surface area contributed by atoms with Crippen LogP contribution in [0.1, 0.15) is 18.7 Å². The summed E-state index contributed by atoms with van der Waals surface area (Å²) in [6.07, 6.45) is 5.98. The molecule has 136 valence electrons. The van der Waals surface area contributed by atoms with E-state index < -0.39 is 0 Å². The molecular formula is C17H26N6S2. The van der Waals surface area contributed by atoms with Gasteiger partial charge in [0.05, 0.1) is 5.52 Å². The van der Waals surface area contributed by atoms with Crippen LogP contribution in [-0.2, 0) is 6.54 Å². The van der Waals surface area contributed by atoms with E-state index in [1.807, 2.05) is 23.8 Å². The molecule has 2 unspecified atom stereocenters. The van der Waals surface area contributed by atoms with Gasteiger partial charge in [-0.1, -0.05) is 16.7 Å². The third kappa shape index (κ3) is 4.49. The predicted octanol–water partition coefficient (Wildman–Crippen LogP) is 1.98. The van der Waals surface area contributed by atoms with Gasteiger partial charge in [-0.2, -0.15) is 0 Å². The van der Waals surface area contributed by atoms with Gasteiger partial charge in [0.1, 0.15) is 11.3 Å². The number of aryl methyl sites for hydroxylation is 1. The summed E-state index contributed by atoms with van der Waals surface area (Å²) in [4.78, 5) is 12.6. The Morgan fingerprint density at radius 3 is 2.96 bits per heavy atom. The summed E-state index contributed by atoms with van der Waals surface area (Å²) >= 11 is 0. The molecule has 2 aromatic heterocycles. The summed E-state index contributed by atoms with van der Waals surface area (Å²) in [6.45, 7) is 5.84. The number of rotatable bonds is 6. The first-order chi connectivity index (χ1) is 11.9. The SMILES string of the molecule is C=S(C)Sc1cnc2c(=N)n(CCCN3CCC(N)C3)c(C)nc2c1. The number of nitrogens with one attached hydrogen (secondary N) is 1. The second-order valence-corrected chi connectivity index (χ2v) is 10.5. The van der Waals surface area contributed by atoms with Crippen LogP contribution in [0, 0.1) is 12.3 Å². The number of hydrogen-bond donors (Lipinski definition) is 2. The van der Waals surface area contributed by atoms with Crippen molar-refractivity contribution >= 4 is 37.2 Å². The highest BCUT2D eigenvalue weighted by atomic mass is 33.1. The van der Waals surface area contributed by atoms with Crippen LogP contribution in [0.2, 0.25) is 0 Å². The van der Waals surface area contributed by atoms with Gasteiger partial charge in [-0.25, -0.2) is 9.97 Å². The molecule has 0 spiro atoms. The van der Waals surface area contributed by atoms with Gasteiger partial charge in [0.2, 0.25) is 0 Å². The average Bonchev–Trinajstić information content (AvgIpc) is 2.95. The molecule has 1 aliphatic heterocycles. The predicted molar refractivity (Wildman–Crippen MR) is 108 cm³/mol. The molecule has 1 aliphatic rings. The van der Waals surface area contributed by atoms with Gasteiger partial charge in [-0.3, -0.25) is 5.41 Å². The van der Waals surface area contributed by atoms with Crippen molar-refractivity contribution in [2.24, 2.45) is 5.73 Å². The Balaban J connectivity index is 1.77. The fourth-order valence-electron chi connectivity index (χ4n) is 3.23. The van der Waals surface area contributed by atoms with E-state index in [0.29, 0.717) is 17.0 Å². The Morgan fingerprint density at radius 1 is 1.48 bits per heavy atom. The summed E-state index contributed by atoms with van der Waals surface area (Å²) in [6, 6.07) is 2.34. The van der Waals surface area contributed by atoms with Gasteiger partial charge >= 0.3 is 0 Å².